The fraction of sp³-hybridized carbons (Fsp3) is 0.600. The molecule has 0 saturated carbocycles. The lowest BCUT2D eigenvalue weighted by molar-refractivity contribution is 0.0642. The van der Waals surface area contributed by atoms with Gasteiger partial charge in [0.15, 0.2) is 0 Å². The van der Waals surface area contributed by atoms with E-state index in [9.17, 15) is 5.11 Å². The molecule has 3 nitrogen and oxygen atoms in total. The molecule has 0 amide bonds. The van der Waals surface area contributed by atoms with Crippen LogP contribution in [0.5, 0.6) is 5.75 Å². The van der Waals surface area contributed by atoms with E-state index in [0.717, 1.165) is 48.7 Å². The van der Waals surface area contributed by atoms with Crippen molar-refractivity contribution in [1.29, 1.82) is 0 Å². The lowest BCUT2D eigenvalue weighted by atomic mass is 9.99. The van der Waals surface area contributed by atoms with Crippen LogP contribution in [0.15, 0.2) is 18.2 Å². The van der Waals surface area contributed by atoms with Gasteiger partial charge in [0.25, 0.3) is 0 Å². The molecule has 3 rings (SSSR count). The smallest absolute Gasteiger partial charge is 0.125 e. The zero-order valence-electron chi connectivity index (χ0n) is 11.4. The van der Waals surface area contributed by atoms with Crippen molar-refractivity contribution in [3.05, 3.63) is 28.8 Å². The molecule has 0 spiro atoms. The second-order valence-electron chi connectivity index (χ2n) is 5.63. The number of fused-ring (bicyclic) bond motifs is 1. The highest BCUT2D eigenvalue weighted by atomic mass is 35.5. The number of halogens is 1. The predicted molar refractivity (Wildman–Crippen MR) is 83.8 cm³/mol. The normalized spacial score (nSPS) is 29.6. The molecule has 1 saturated heterocycles. The van der Waals surface area contributed by atoms with Gasteiger partial charge in [0.05, 0.1) is 12.2 Å². The van der Waals surface area contributed by atoms with Gasteiger partial charge in [-0.05, 0) is 37.1 Å². The molecule has 0 aromatic heterocycles. The topological polar surface area (TPSA) is 41.5 Å². The van der Waals surface area contributed by atoms with Crippen molar-refractivity contribution in [3.63, 3.8) is 0 Å². The Hall–Kier alpha value is -0.420. The van der Waals surface area contributed by atoms with Gasteiger partial charge < -0.3 is 15.2 Å². The fourth-order valence-electron chi connectivity index (χ4n) is 2.81. The molecule has 2 N–H and O–H groups in total. The van der Waals surface area contributed by atoms with Crippen LogP contribution in [0.2, 0.25) is 5.02 Å². The third-order valence-electron chi connectivity index (χ3n) is 4.01. The van der Waals surface area contributed by atoms with Crippen LogP contribution in [-0.4, -0.2) is 35.4 Å². The second kappa shape index (κ2) is 6.14. The molecule has 0 aliphatic carbocycles. The summed E-state index contributed by atoms with van der Waals surface area (Å²) in [5, 5.41) is 14.7. The summed E-state index contributed by atoms with van der Waals surface area (Å²) in [7, 11) is 0. The first-order chi connectivity index (χ1) is 9.66. The Balaban J connectivity index is 1.73. The lowest BCUT2D eigenvalue weighted by Crippen LogP contribution is -2.41. The SMILES string of the molecule is OC1(CNC2CCCOc3cc(Cl)ccc32)CCSC1. The number of hydrogen-bond acceptors (Lipinski definition) is 4. The molecule has 20 heavy (non-hydrogen) atoms. The summed E-state index contributed by atoms with van der Waals surface area (Å²) < 4.78 is 5.77. The van der Waals surface area contributed by atoms with Crippen molar-refractivity contribution in [3.8, 4) is 5.75 Å². The van der Waals surface area contributed by atoms with Gasteiger partial charge in [-0.1, -0.05) is 17.7 Å². The number of ether oxygens (including phenoxy) is 1. The Kier molecular flexibility index (Phi) is 4.46. The molecule has 2 heterocycles. The van der Waals surface area contributed by atoms with Gasteiger partial charge in [-0.15, -0.1) is 0 Å². The molecular formula is C15H20ClNO2S. The van der Waals surface area contributed by atoms with Crippen LogP contribution < -0.4 is 10.1 Å². The lowest BCUT2D eigenvalue weighted by Gasteiger charge is -2.26. The van der Waals surface area contributed by atoms with Crippen molar-refractivity contribution in [1.82, 2.24) is 5.32 Å². The van der Waals surface area contributed by atoms with Crippen LogP contribution in [0.1, 0.15) is 30.9 Å². The minimum atomic E-state index is -0.551. The number of aliphatic hydroxyl groups is 1. The summed E-state index contributed by atoms with van der Waals surface area (Å²) >= 11 is 7.86. The van der Waals surface area contributed by atoms with Crippen molar-refractivity contribution in [2.75, 3.05) is 24.7 Å². The van der Waals surface area contributed by atoms with Crippen molar-refractivity contribution in [2.24, 2.45) is 0 Å². The Morgan fingerprint density at radius 3 is 3.20 bits per heavy atom. The van der Waals surface area contributed by atoms with Crippen molar-refractivity contribution < 1.29 is 9.84 Å². The van der Waals surface area contributed by atoms with Gasteiger partial charge >= 0.3 is 0 Å². The van der Waals surface area contributed by atoms with Gasteiger partial charge in [-0.3, -0.25) is 0 Å². The molecule has 5 heteroatoms. The Morgan fingerprint density at radius 2 is 2.40 bits per heavy atom. The molecule has 2 aliphatic heterocycles. The minimum Gasteiger partial charge on any atom is -0.493 e. The van der Waals surface area contributed by atoms with Crippen LogP contribution in [0, 0.1) is 0 Å². The zero-order chi connectivity index (χ0) is 14.0. The summed E-state index contributed by atoms with van der Waals surface area (Å²) in [5.41, 5.74) is 0.603. The van der Waals surface area contributed by atoms with Gasteiger partial charge in [0.2, 0.25) is 0 Å². The van der Waals surface area contributed by atoms with Crippen LogP contribution in [0.25, 0.3) is 0 Å². The molecule has 2 unspecified atom stereocenters. The maximum atomic E-state index is 10.4. The third kappa shape index (κ3) is 3.25. The van der Waals surface area contributed by atoms with Gasteiger partial charge in [0.1, 0.15) is 5.75 Å². The molecule has 1 aromatic carbocycles. The third-order valence-corrected chi connectivity index (χ3v) is 5.48. The van der Waals surface area contributed by atoms with E-state index >= 15 is 0 Å². The first-order valence-electron chi connectivity index (χ1n) is 7.12. The minimum absolute atomic E-state index is 0.236. The van der Waals surface area contributed by atoms with Gasteiger partial charge in [0, 0.05) is 28.9 Å². The summed E-state index contributed by atoms with van der Waals surface area (Å²) in [6.07, 6.45) is 2.91. The van der Waals surface area contributed by atoms with E-state index in [1.807, 2.05) is 30.0 Å². The number of rotatable bonds is 3. The summed E-state index contributed by atoms with van der Waals surface area (Å²) in [6.45, 7) is 1.37. The highest BCUT2D eigenvalue weighted by molar-refractivity contribution is 7.99. The van der Waals surface area contributed by atoms with Gasteiger partial charge in [-0.25, -0.2) is 0 Å². The first-order valence-corrected chi connectivity index (χ1v) is 8.65. The molecule has 110 valence electrons. The predicted octanol–water partition coefficient (Wildman–Crippen LogP) is 3.01. The Bertz CT molecular complexity index is 477. The average molecular weight is 314 g/mol. The molecule has 1 aromatic rings. The quantitative estimate of drug-likeness (QED) is 0.900. The number of benzene rings is 1. The monoisotopic (exact) mass is 313 g/mol. The number of hydrogen-bond donors (Lipinski definition) is 2. The molecule has 2 atom stereocenters. The first kappa shape index (κ1) is 14.5. The van der Waals surface area contributed by atoms with Gasteiger partial charge in [-0.2, -0.15) is 11.8 Å². The average Bonchev–Trinajstić information content (AvgIpc) is 2.76. The van der Waals surface area contributed by atoms with E-state index in [1.165, 1.54) is 0 Å². The number of thioether (sulfide) groups is 1. The fourth-order valence-corrected chi connectivity index (χ4v) is 4.26. The maximum Gasteiger partial charge on any atom is 0.125 e. The summed E-state index contributed by atoms with van der Waals surface area (Å²) in [4.78, 5) is 0. The van der Waals surface area contributed by atoms with Crippen LogP contribution in [-0.2, 0) is 0 Å². The van der Waals surface area contributed by atoms with E-state index in [2.05, 4.69) is 5.32 Å². The van der Waals surface area contributed by atoms with E-state index in [0.29, 0.717) is 11.6 Å². The molecule has 1 fully saturated rings. The standard InChI is InChI=1S/C15H20ClNO2S/c16-11-3-4-12-13(2-1-6-19-14(12)8-11)17-9-15(18)5-7-20-10-15/h3-4,8,13,17-18H,1-2,5-7,9-10H2. The largest absolute Gasteiger partial charge is 0.493 e. The maximum absolute atomic E-state index is 10.4. The Morgan fingerprint density at radius 1 is 1.50 bits per heavy atom. The summed E-state index contributed by atoms with van der Waals surface area (Å²) in [6, 6.07) is 6.06. The van der Waals surface area contributed by atoms with Crippen molar-refractivity contribution in [2.45, 2.75) is 30.9 Å². The molecule has 0 bridgehead atoms. The van der Waals surface area contributed by atoms with Crippen LogP contribution in [0.3, 0.4) is 0 Å². The van der Waals surface area contributed by atoms with E-state index < -0.39 is 5.60 Å². The second-order valence-corrected chi connectivity index (χ2v) is 7.17. The van der Waals surface area contributed by atoms with Crippen molar-refractivity contribution >= 4 is 23.4 Å². The molecule has 2 aliphatic rings. The van der Waals surface area contributed by atoms with E-state index in [-0.39, 0.29) is 6.04 Å². The highest BCUT2D eigenvalue weighted by Crippen LogP contribution is 2.34. The van der Waals surface area contributed by atoms with Crippen LogP contribution >= 0.6 is 23.4 Å². The Labute approximate surface area is 129 Å². The zero-order valence-corrected chi connectivity index (χ0v) is 13.0. The molecule has 0 radical (unpaired) electrons. The summed E-state index contributed by atoms with van der Waals surface area (Å²) in [5.74, 6) is 2.76. The van der Waals surface area contributed by atoms with E-state index in [4.69, 9.17) is 16.3 Å². The highest BCUT2D eigenvalue weighted by Gasteiger charge is 2.32. The van der Waals surface area contributed by atoms with Crippen LogP contribution in [0.4, 0.5) is 0 Å². The molecular weight excluding hydrogens is 294 g/mol. The van der Waals surface area contributed by atoms with E-state index in [1.54, 1.807) is 0 Å². The number of nitrogens with one attached hydrogen (secondary N) is 1.